The largest absolute Gasteiger partial charge is 0.478 e. The van der Waals surface area contributed by atoms with Crippen molar-refractivity contribution in [2.24, 2.45) is 0 Å². The van der Waals surface area contributed by atoms with Gasteiger partial charge in [0.05, 0.1) is 11.6 Å². The SMILES string of the molecule is CCCN1CCC[C@@H]1C(=O)Nc1cccc(C(=O)O)c1. The van der Waals surface area contributed by atoms with E-state index in [1.807, 2.05) is 0 Å². The maximum absolute atomic E-state index is 12.3. The van der Waals surface area contributed by atoms with Crippen molar-refractivity contribution in [3.8, 4) is 0 Å². The number of carbonyl (C=O) groups excluding carboxylic acids is 1. The summed E-state index contributed by atoms with van der Waals surface area (Å²) >= 11 is 0. The van der Waals surface area contributed by atoms with Crippen molar-refractivity contribution in [2.45, 2.75) is 32.2 Å². The van der Waals surface area contributed by atoms with Crippen molar-refractivity contribution in [1.29, 1.82) is 0 Å². The van der Waals surface area contributed by atoms with Crippen molar-refractivity contribution in [2.75, 3.05) is 18.4 Å². The van der Waals surface area contributed by atoms with Crippen molar-refractivity contribution in [3.05, 3.63) is 29.8 Å². The lowest BCUT2D eigenvalue weighted by molar-refractivity contribution is -0.120. The number of amides is 1. The zero-order chi connectivity index (χ0) is 14.5. The van der Waals surface area contributed by atoms with Crippen LogP contribution in [0.2, 0.25) is 0 Å². The Hall–Kier alpha value is -1.88. The number of aromatic carboxylic acids is 1. The van der Waals surface area contributed by atoms with Crippen LogP contribution in [-0.4, -0.2) is 41.0 Å². The van der Waals surface area contributed by atoms with E-state index >= 15 is 0 Å². The molecule has 108 valence electrons. The Kier molecular flexibility index (Phi) is 4.74. The molecule has 1 aliphatic rings. The molecule has 20 heavy (non-hydrogen) atoms. The van der Waals surface area contributed by atoms with E-state index in [0.29, 0.717) is 5.69 Å². The zero-order valence-corrected chi connectivity index (χ0v) is 11.6. The van der Waals surface area contributed by atoms with E-state index in [0.717, 1.165) is 32.4 Å². The van der Waals surface area contributed by atoms with Gasteiger partial charge in [0.25, 0.3) is 0 Å². The predicted octanol–water partition coefficient (Wildman–Crippen LogP) is 2.20. The van der Waals surface area contributed by atoms with Crippen LogP contribution in [0.4, 0.5) is 5.69 Å². The minimum Gasteiger partial charge on any atom is -0.478 e. The second-order valence-electron chi connectivity index (χ2n) is 5.07. The van der Waals surface area contributed by atoms with E-state index in [1.54, 1.807) is 12.1 Å². The van der Waals surface area contributed by atoms with Gasteiger partial charge in [-0.1, -0.05) is 13.0 Å². The second-order valence-corrected chi connectivity index (χ2v) is 5.07. The molecule has 5 heteroatoms. The summed E-state index contributed by atoms with van der Waals surface area (Å²) in [5, 5.41) is 11.8. The second kappa shape index (κ2) is 6.52. The van der Waals surface area contributed by atoms with Crippen LogP contribution < -0.4 is 5.32 Å². The van der Waals surface area contributed by atoms with Gasteiger partial charge in [-0.15, -0.1) is 0 Å². The highest BCUT2D eigenvalue weighted by Gasteiger charge is 2.29. The maximum Gasteiger partial charge on any atom is 0.335 e. The molecule has 1 heterocycles. The van der Waals surface area contributed by atoms with Crippen LogP contribution in [0.15, 0.2) is 24.3 Å². The van der Waals surface area contributed by atoms with E-state index < -0.39 is 5.97 Å². The third-order valence-corrected chi connectivity index (χ3v) is 3.55. The fourth-order valence-electron chi connectivity index (χ4n) is 2.63. The Labute approximate surface area is 118 Å². The van der Waals surface area contributed by atoms with Gasteiger partial charge in [0.1, 0.15) is 0 Å². The number of likely N-dealkylation sites (tertiary alicyclic amines) is 1. The molecule has 5 nitrogen and oxygen atoms in total. The number of rotatable bonds is 5. The number of hydrogen-bond donors (Lipinski definition) is 2. The summed E-state index contributed by atoms with van der Waals surface area (Å²) in [5.74, 6) is -1.03. The molecule has 0 aliphatic carbocycles. The van der Waals surface area contributed by atoms with Gasteiger partial charge in [-0.2, -0.15) is 0 Å². The summed E-state index contributed by atoms with van der Waals surface area (Å²) in [6.45, 7) is 3.98. The third-order valence-electron chi connectivity index (χ3n) is 3.55. The van der Waals surface area contributed by atoms with Crippen LogP contribution >= 0.6 is 0 Å². The molecule has 1 saturated heterocycles. The zero-order valence-electron chi connectivity index (χ0n) is 11.6. The lowest BCUT2D eigenvalue weighted by Gasteiger charge is -2.23. The summed E-state index contributed by atoms with van der Waals surface area (Å²) in [4.78, 5) is 25.4. The number of carbonyl (C=O) groups is 2. The average molecular weight is 276 g/mol. The van der Waals surface area contributed by atoms with Crippen LogP contribution in [0.1, 0.15) is 36.5 Å². The van der Waals surface area contributed by atoms with E-state index in [2.05, 4.69) is 17.1 Å². The Bertz CT molecular complexity index is 502. The van der Waals surface area contributed by atoms with Gasteiger partial charge in [-0.05, 0) is 50.6 Å². The number of benzene rings is 1. The fraction of sp³-hybridized carbons (Fsp3) is 0.467. The molecule has 1 aromatic carbocycles. The number of nitrogens with one attached hydrogen (secondary N) is 1. The molecule has 2 N–H and O–H groups in total. The molecule has 1 fully saturated rings. The molecule has 1 aliphatic heterocycles. The first-order valence-electron chi connectivity index (χ1n) is 7.00. The minimum absolute atomic E-state index is 0.0431. The smallest absolute Gasteiger partial charge is 0.335 e. The van der Waals surface area contributed by atoms with Gasteiger partial charge in [-0.3, -0.25) is 9.69 Å². The molecule has 0 aromatic heterocycles. The van der Waals surface area contributed by atoms with Gasteiger partial charge in [0, 0.05) is 5.69 Å². The number of anilines is 1. The van der Waals surface area contributed by atoms with Gasteiger partial charge >= 0.3 is 5.97 Å². The highest BCUT2D eigenvalue weighted by atomic mass is 16.4. The monoisotopic (exact) mass is 276 g/mol. The highest BCUT2D eigenvalue weighted by Crippen LogP contribution is 2.19. The molecular formula is C15H20N2O3. The van der Waals surface area contributed by atoms with E-state index in [1.165, 1.54) is 12.1 Å². The van der Waals surface area contributed by atoms with E-state index in [-0.39, 0.29) is 17.5 Å². The number of hydrogen-bond acceptors (Lipinski definition) is 3. The van der Waals surface area contributed by atoms with Crippen LogP contribution in [0.25, 0.3) is 0 Å². The molecule has 1 amide bonds. The highest BCUT2D eigenvalue weighted by molar-refractivity contribution is 5.96. The molecule has 2 rings (SSSR count). The van der Waals surface area contributed by atoms with Crippen LogP contribution in [0.5, 0.6) is 0 Å². The predicted molar refractivity (Wildman–Crippen MR) is 76.9 cm³/mol. The molecular weight excluding hydrogens is 256 g/mol. The van der Waals surface area contributed by atoms with Crippen molar-refractivity contribution in [1.82, 2.24) is 4.90 Å². The molecule has 0 unspecified atom stereocenters. The Balaban J connectivity index is 2.04. The lowest BCUT2D eigenvalue weighted by Crippen LogP contribution is -2.39. The number of carboxylic acids is 1. The molecule has 0 spiro atoms. The van der Waals surface area contributed by atoms with Crippen molar-refractivity contribution < 1.29 is 14.7 Å². The van der Waals surface area contributed by atoms with Gasteiger partial charge < -0.3 is 10.4 Å². The first kappa shape index (κ1) is 14.5. The van der Waals surface area contributed by atoms with Crippen molar-refractivity contribution in [3.63, 3.8) is 0 Å². The molecule has 0 saturated carbocycles. The van der Waals surface area contributed by atoms with Gasteiger partial charge in [0.15, 0.2) is 0 Å². The Morgan fingerprint density at radius 2 is 2.25 bits per heavy atom. The first-order valence-corrected chi connectivity index (χ1v) is 7.00. The third kappa shape index (κ3) is 3.36. The van der Waals surface area contributed by atoms with Crippen LogP contribution in [0.3, 0.4) is 0 Å². The van der Waals surface area contributed by atoms with E-state index in [9.17, 15) is 9.59 Å². The average Bonchev–Trinajstić information content (AvgIpc) is 2.88. The summed E-state index contributed by atoms with van der Waals surface area (Å²) in [7, 11) is 0. The standard InChI is InChI=1S/C15H20N2O3/c1-2-8-17-9-4-7-13(17)14(18)16-12-6-3-5-11(10-12)15(19)20/h3,5-6,10,13H,2,4,7-9H2,1H3,(H,16,18)(H,19,20)/t13-/m1/s1. The lowest BCUT2D eigenvalue weighted by atomic mass is 10.1. The quantitative estimate of drug-likeness (QED) is 0.865. The van der Waals surface area contributed by atoms with Crippen LogP contribution in [0, 0.1) is 0 Å². The van der Waals surface area contributed by atoms with Crippen LogP contribution in [-0.2, 0) is 4.79 Å². The topological polar surface area (TPSA) is 69.6 Å². The summed E-state index contributed by atoms with van der Waals surface area (Å²) in [6.07, 6.45) is 2.93. The Morgan fingerprint density at radius 1 is 1.45 bits per heavy atom. The molecule has 0 radical (unpaired) electrons. The molecule has 0 bridgehead atoms. The Morgan fingerprint density at radius 3 is 2.95 bits per heavy atom. The van der Waals surface area contributed by atoms with E-state index in [4.69, 9.17) is 5.11 Å². The fourth-order valence-corrected chi connectivity index (χ4v) is 2.63. The minimum atomic E-state index is -0.991. The number of nitrogens with zero attached hydrogens (tertiary/aromatic N) is 1. The van der Waals surface area contributed by atoms with Crippen molar-refractivity contribution >= 4 is 17.6 Å². The molecule has 1 aromatic rings. The summed E-state index contributed by atoms with van der Waals surface area (Å²) in [5.41, 5.74) is 0.720. The summed E-state index contributed by atoms with van der Waals surface area (Å²) < 4.78 is 0. The van der Waals surface area contributed by atoms with Gasteiger partial charge in [-0.25, -0.2) is 4.79 Å². The molecule has 1 atom stereocenters. The normalized spacial score (nSPS) is 18.9. The van der Waals surface area contributed by atoms with Gasteiger partial charge in [0.2, 0.25) is 5.91 Å². The maximum atomic E-state index is 12.3. The number of carboxylic acid groups (broad SMARTS) is 1. The summed E-state index contributed by atoms with van der Waals surface area (Å²) in [6, 6.07) is 6.25. The first-order chi connectivity index (χ1) is 9.61.